The summed E-state index contributed by atoms with van der Waals surface area (Å²) in [5, 5.41) is 0. The molecule has 0 N–H and O–H groups in total. The lowest BCUT2D eigenvalue weighted by Crippen LogP contribution is -2.36. The Hall–Kier alpha value is -2.17. The lowest BCUT2D eigenvalue weighted by Gasteiger charge is -2.19. The topological polar surface area (TPSA) is 63.7 Å². The van der Waals surface area contributed by atoms with Gasteiger partial charge in [-0.05, 0) is 29.9 Å². The average Bonchev–Trinajstić information content (AvgIpc) is 2.86. The third kappa shape index (κ3) is 3.75. The zero-order chi connectivity index (χ0) is 18.0. The molecule has 0 spiro atoms. The highest BCUT2D eigenvalue weighted by Gasteiger charge is 2.48. The lowest BCUT2D eigenvalue weighted by molar-refractivity contribution is -0.153. The van der Waals surface area contributed by atoms with Crippen LogP contribution in [0.3, 0.4) is 0 Å². The molecular formula is C20H25NO4. The second kappa shape index (κ2) is 7.38. The van der Waals surface area contributed by atoms with Gasteiger partial charge >= 0.3 is 5.97 Å². The summed E-state index contributed by atoms with van der Waals surface area (Å²) in [5.41, 5.74) is 2.12. The molecule has 2 fully saturated rings. The van der Waals surface area contributed by atoms with Crippen LogP contribution in [-0.2, 0) is 25.7 Å². The first-order valence-corrected chi connectivity index (χ1v) is 9.07. The number of nitrogens with zero attached hydrogens (tertiary/aromatic N) is 1. The molecule has 0 aromatic heterocycles. The van der Waals surface area contributed by atoms with Crippen molar-refractivity contribution in [1.29, 1.82) is 0 Å². The van der Waals surface area contributed by atoms with E-state index in [9.17, 15) is 14.4 Å². The van der Waals surface area contributed by atoms with E-state index in [0.717, 1.165) is 36.1 Å². The van der Waals surface area contributed by atoms with E-state index >= 15 is 0 Å². The number of amides is 2. The van der Waals surface area contributed by atoms with Gasteiger partial charge in [-0.1, -0.05) is 51.0 Å². The quantitative estimate of drug-likeness (QED) is 0.609. The van der Waals surface area contributed by atoms with Gasteiger partial charge in [-0.15, -0.1) is 0 Å². The first-order valence-electron chi connectivity index (χ1n) is 9.07. The van der Waals surface area contributed by atoms with Gasteiger partial charge in [0.05, 0.1) is 11.8 Å². The SMILES string of the molecule is CC(C)c1ccc(COC(=O)CN2C(=O)C3CCCCC3C2=O)cc1. The van der Waals surface area contributed by atoms with Crippen molar-refractivity contribution in [3.8, 4) is 0 Å². The Morgan fingerprint density at radius 2 is 1.64 bits per heavy atom. The molecule has 1 saturated carbocycles. The fourth-order valence-electron chi connectivity index (χ4n) is 3.72. The number of hydrogen-bond acceptors (Lipinski definition) is 4. The largest absolute Gasteiger partial charge is 0.459 e. The van der Waals surface area contributed by atoms with Gasteiger partial charge in [0.15, 0.2) is 0 Å². The highest BCUT2D eigenvalue weighted by Crippen LogP contribution is 2.37. The van der Waals surface area contributed by atoms with Crippen LogP contribution >= 0.6 is 0 Å². The van der Waals surface area contributed by atoms with Gasteiger partial charge in [0, 0.05) is 0 Å². The molecule has 3 rings (SSSR count). The van der Waals surface area contributed by atoms with Gasteiger partial charge in [0.2, 0.25) is 11.8 Å². The number of carbonyl (C=O) groups excluding carboxylic acids is 3. The van der Waals surface area contributed by atoms with Crippen LogP contribution in [-0.4, -0.2) is 29.2 Å². The minimum atomic E-state index is -0.534. The second-order valence-corrected chi connectivity index (χ2v) is 7.32. The van der Waals surface area contributed by atoms with Crippen LogP contribution in [0.1, 0.15) is 56.6 Å². The molecule has 2 aliphatic rings. The summed E-state index contributed by atoms with van der Waals surface area (Å²) in [6.45, 7) is 4.13. The number of benzene rings is 1. The number of hydrogen-bond donors (Lipinski definition) is 0. The summed E-state index contributed by atoms with van der Waals surface area (Å²) >= 11 is 0. The van der Waals surface area contributed by atoms with Crippen LogP contribution in [0.25, 0.3) is 0 Å². The van der Waals surface area contributed by atoms with Crippen LogP contribution in [0, 0.1) is 11.8 Å². The Morgan fingerprint density at radius 3 is 2.16 bits per heavy atom. The number of rotatable bonds is 5. The molecule has 5 nitrogen and oxygen atoms in total. The molecule has 2 amide bonds. The molecule has 5 heteroatoms. The van der Waals surface area contributed by atoms with E-state index in [1.54, 1.807) is 0 Å². The summed E-state index contributed by atoms with van der Waals surface area (Å²) in [5.74, 6) is -0.934. The van der Waals surface area contributed by atoms with E-state index in [0.29, 0.717) is 5.92 Å². The van der Waals surface area contributed by atoms with E-state index in [1.165, 1.54) is 5.56 Å². The molecule has 1 aromatic rings. The maximum atomic E-state index is 12.4. The maximum Gasteiger partial charge on any atom is 0.326 e. The summed E-state index contributed by atoms with van der Waals surface area (Å²) in [4.78, 5) is 37.9. The minimum Gasteiger partial charge on any atom is -0.459 e. The predicted octanol–water partition coefficient (Wildman–Crippen LogP) is 3.03. The maximum absolute atomic E-state index is 12.4. The molecule has 0 radical (unpaired) electrons. The number of fused-ring (bicyclic) bond motifs is 1. The van der Waals surface area contributed by atoms with Crippen molar-refractivity contribution in [1.82, 2.24) is 4.90 Å². The van der Waals surface area contributed by atoms with Gasteiger partial charge in [-0.2, -0.15) is 0 Å². The molecule has 1 aliphatic carbocycles. The van der Waals surface area contributed by atoms with Gasteiger partial charge in [0.25, 0.3) is 0 Å². The summed E-state index contributed by atoms with van der Waals surface area (Å²) in [6.07, 6.45) is 3.46. The van der Waals surface area contributed by atoms with E-state index in [4.69, 9.17) is 4.74 Å². The van der Waals surface area contributed by atoms with Crippen molar-refractivity contribution < 1.29 is 19.1 Å². The first-order chi connectivity index (χ1) is 12.0. The Bertz CT molecular complexity index is 641. The molecule has 0 bridgehead atoms. The number of likely N-dealkylation sites (tertiary alicyclic amines) is 1. The van der Waals surface area contributed by atoms with Crippen molar-refractivity contribution in [3.05, 3.63) is 35.4 Å². The van der Waals surface area contributed by atoms with Crippen molar-refractivity contribution in [2.75, 3.05) is 6.54 Å². The summed E-state index contributed by atoms with van der Waals surface area (Å²) in [7, 11) is 0. The van der Waals surface area contributed by atoms with Crippen LogP contribution in [0.2, 0.25) is 0 Å². The lowest BCUT2D eigenvalue weighted by atomic mass is 9.81. The minimum absolute atomic E-state index is 0.153. The molecule has 25 heavy (non-hydrogen) atoms. The van der Waals surface area contributed by atoms with Crippen molar-refractivity contribution in [2.24, 2.45) is 11.8 Å². The number of carbonyl (C=O) groups is 3. The zero-order valence-electron chi connectivity index (χ0n) is 14.9. The Morgan fingerprint density at radius 1 is 1.08 bits per heavy atom. The number of esters is 1. The second-order valence-electron chi connectivity index (χ2n) is 7.32. The fraction of sp³-hybridized carbons (Fsp3) is 0.550. The predicted molar refractivity (Wildman–Crippen MR) is 92.5 cm³/mol. The summed E-state index contributed by atoms with van der Waals surface area (Å²) < 4.78 is 5.26. The normalized spacial score (nSPS) is 23.1. The molecule has 134 valence electrons. The standard InChI is InChI=1S/C20H25NO4/c1-13(2)15-9-7-14(8-10-15)12-25-18(22)11-21-19(23)16-5-3-4-6-17(16)20(21)24/h7-10,13,16-17H,3-6,11-12H2,1-2H3. The zero-order valence-corrected chi connectivity index (χ0v) is 14.9. The van der Waals surface area contributed by atoms with Crippen molar-refractivity contribution in [3.63, 3.8) is 0 Å². The van der Waals surface area contributed by atoms with E-state index in [1.807, 2.05) is 24.3 Å². The van der Waals surface area contributed by atoms with Crippen LogP contribution in [0.4, 0.5) is 0 Å². The summed E-state index contributed by atoms with van der Waals surface area (Å²) in [6, 6.07) is 7.91. The Labute approximate surface area is 148 Å². The van der Waals surface area contributed by atoms with E-state index in [-0.39, 0.29) is 36.8 Å². The fourth-order valence-corrected chi connectivity index (χ4v) is 3.72. The highest BCUT2D eigenvalue weighted by molar-refractivity contribution is 6.07. The first kappa shape index (κ1) is 17.6. The number of imide groups is 1. The molecular weight excluding hydrogens is 318 g/mol. The average molecular weight is 343 g/mol. The molecule has 1 heterocycles. The molecule has 1 saturated heterocycles. The van der Waals surface area contributed by atoms with Gasteiger partial charge in [0.1, 0.15) is 13.2 Å². The van der Waals surface area contributed by atoms with Crippen LogP contribution in [0.15, 0.2) is 24.3 Å². The highest BCUT2D eigenvalue weighted by atomic mass is 16.5. The van der Waals surface area contributed by atoms with E-state index in [2.05, 4.69) is 13.8 Å². The van der Waals surface area contributed by atoms with Crippen LogP contribution in [0.5, 0.6) is 0 Å². The number of ether oxygens (including phenoxy) is 1. The smallest absolute Gasteiger partial charge is 0.326 e. The van der Waals surface area contributed by atoms with Crippen LogP contribution < -0.4 is 0 Å². The van der Waals surface area contributed by atoms with Crippen molar-refractivity contribution in [2.45, 2.75) is 52.1 Å². The molecule has 1 aromatic carbocycles. The molecule has 2 atom stereocenters. The Balaban J connectivity index is 1.54. The Kier molecular flexibility index (Phi) is 5.21. The van der Waals surface area contributed by atoms with Gasteiger partial charge < -0.3 is 4.74 Å². The van der Waals surface area contributed by atoms with Crippen molar-refractivity contribution >= 4 is 17.8 Å². The van der Waals surface area contributed by atoms with Gasteiger partial charge in [-0.25, -0.2) is 0 Å². The van der Waals surface area contributed by atoms with E-state index < -0.39 is 5.97 Å². The monoisotopic (exact) mass is 343 g/mol. The van der Waals surface area contributed by atoms with Gasteiger partial charge in [-0.3, -0.25) is 19.3 Å². The third-order valence-electron chi connectivity index (χ3n) is 5.27. The molecule has 2 unspecified atom stereocenters. The third-order valence-corrected chi connectivity index (χ3v) is 5.27. The molecule has 1 aliphatic heterocycles.